The fraction of sp³-hybridized carbons (Fsp3) is 0.400. The van der Waals surface area contributed by atoms with E-state index in [1.807, 2.05) is 0 Å². The summed E-state index contributed by atoms with van der Waals surface area (Å²) in [7, 11) is 2.10. The highest BCUT2D eigenvalue weighted by molar-refractivity contribution is 5.75. The van der Waals surface area contributed by atoms with Gasteiger partial charge in [0.2, 0.25) is 5.91 Å². The minimum atomic E-state index is -0.0345. The first-order valence-corrected chi connectivity index (χ1v) is 7.10. The number of hydrogen-bond acceptors (Lipinski definition) is 4. The molecule has 1 aliphatic heterocycles. The van der Waals surface area contributed by atoms with Gasteiger partial charge in [0.1, 0.15) is 6.54 Å². The number of carbonyl (C=O) groups excluding carboxylic acids is 1. The van der Waals surface area contributed by atoms with Crippen molar-refractivity contribution >= 4 is 5.91 Å². The van der Waals surface area contributed by atoms with Gasteiger partial charge in [-0.2, -0.15) is 0 Å². The van der Waals surface area contributed by atoms with E-state index in [1.54, 1.807) is 12.4 Å². The minimum absolute atomic E-state index is 0.0345. The van der Waals surface area contributed by atoms with Crippen molar-refractivity contribution in [1.82, 2.24) is 25.2 Å². The summed E-state index contributed by atoms with van der Waals surface area (Å²) in [6.07, 6.45) is 4.22. The zero-order valence-corrected chi connectivity index (χ0v) is 12.1. The standard InChI is InChI=1S/C15H19N5O/c1-19-10-13-5-3-2-4-12(13)8-14(19)9-16-15(21)11-20-7-6-17-18-20/h2-7,14H,8-11H2,1H3,(H,16,21)/t14-/m0/s1. The summed E-state index contributed by atoms with van der Waals surface area (Å²) < 4.78 is 1.52. The Bertz CT molecular complexity index is 610. The summed E-state index contributed by atoms with van der Waals surface area (Å²) in [5.41, 5.74) is 2.76. The summed E-state index contributed by atoms with van der Waals surface area (Å²) >= 11 is 0. The topological polar surface area (TPSA) is 63.1 Å². The van der Waals surface area contributed by atoms with E-state index in [-0.39, 0.29) is 12.5 Å². The van der Waals surface area contributed by atoms with Crippen LogP contribution in [0.2, 0.25) is 0 Å². The van der Waals surface area contributed by atoms with Gasteiger partial charge in [-0.3, -0.25) is 9.69 Å². The first-order valence-electron chi connectivity index (χ1n) is 7.10. The third-order valence-corrected chi connectivity index (χ3v) is 3.93. The molecule has 0 unspecified atom stereocenters. The van der Waals surface area contributed by atoms with Gasteiger partial charge in [-0.15, -0.1) is 5.10 Å². The smallest absolute Gasteiger partial charge is 0.241 e. The molecule has 0 spiro atoms. The van der Waals surface area contributed by atoms with Crippen LogP contribution < -0.4 is 5.32 Å². The molecule has 1 N–H and O–H groups in total. The number of hydrogen-bond donors (Lipinski definition) is 1. The van der Waals surface area contributed by atoms with Crippen LogP contribution in [-0.4, -0.2) is 45.4 Å². The van der Waals surface area contributed by atoms with Gasteiger partial charge in [-0.1, -0.05) is 29.5 Å². The van der Waals surface area contributed by atoms with Gasteiger partial charge in [0, 0.05) is 25.3 Å². The fourth-order valence-corrected chi connectivity index (χ4v) is 2.70. The predicted octanol–water partition coefficient (Wildman–Crippen LogP) is 0.451. The van der Waals surface area contributed by atoms with E-state index < -0.39 is 0 Å². The third kappa shape index (κ3) is 3.28. The summed E-state index contributed by atoms with van der Waals surface area (Å²) in [6.45, 7) is 1.80. The molecule has 0 fully saturated rings. The molecule has 0 aliphatic carbocycles. The minimum Gasteiger partial charge on any atom is -0.353 e. The highest BCUT2D eigenvalue weighted by atomic mass is 16.2. The fourth-order valence-electron chi connectivity index (χ4n) is 2.70. The van der Waals surface area contributed by atoms with E-state index >= 15 is 0 Å². The second-order valence-corrected chi connectivity index (χ2v) is 5.45. The summed E-state index contributed by atoms with van der Waals surface area (Å²) in [6, 6.07) is 8.83. The maximum Gasteiger partial charge on any atom is 0.241 e. The molecule has 0 saturated carbocycles. The molecular weight excluding hydrogens is 266 g/mol. The molecule has 3 rings (SSSR count). The molecule has 0 radical (unpaired) electrons. The largest absolute Gasteiger partial charge is 0.353 e. The van der Waals surface area contributed by atoms with Crippen molar-refractivity contribution in [1.29, 1.82) is 0 Å². The number of fused-ring (bicyclic) bond motifs is 1. The van der Waals surface area contributed by atoms with Gasteiger partial charge in [-0.05, 0) is 24.6 Å². The molecule has 21 heavy (non-hydrogen) atoms. The van der Waals surface area contributed by atoms with E-state index in [4.69, 9.17) is 0 Å². The van der Waals surface area contributed by atoms with Gasteiger partial charge in [0.05, 0.1) is 6.20 Å². The Morgan fingerprint density at radius 3 is 2.95 bits per heavy atom. The number of rotatable bonds is 4. The van der Waals surface area contributed by atoms with Crippen molar-refractivity contribution < 1.29 is 4.79 Å². The van der Waals surface area contributed by atoms with Gasteiger partial charge >= 0.3 is 0 Å². The molecule has 110 valence electrons. The van der Waals surface area contributed by atoms with Crippen LogP contribution in [0.3, 0.4) is 0 Å². The number of carbonyl (C=O) groups is 1. The molecule has 2 heterocycles. The van der Waals surface area contributed by atoms with Crippen molar-refractivity contribution in [2.24, 2.45) is 0 Å². The molecule has 1 atom stereocenters. The number of benzene rings is 1. The molecular formula is C15H19N5O. The lowest BCUT2D eigenvalue weighted by Crippen LogP contribution is -2.46. The molecule has 0 bridgehead atoms. The lowest BCUT2D eigenvalue weighted by Gasteiger charge is -2.34. The highest BCUT2D eigenvalue weighted by Crippen LogP contribution is 2.21. The van der Waals surface area contributed by atoms with Crippen LogP contribution in [-0.2, 0) is 24.3 Å². The third-order valence-electron chi connectivity index (χ3n) is 3.93. The number of aromatic nitrogens is 3. The van der Waals surface area contributed by atoms with Crippen molar-refractivity contribution in [2.45, 2.75) is 25.6 Å². The first kappa shape index (κ1) is 13.8. The monoisotopic (exact) mass is 285 g/mol. The van der Waals surface area contributed by atoms with E-state index in [0.717, 1.165) is 13.0 Å². The first-order chi connectivity index (χ1) is 10.2. The van der Waals surface area contributed by atoms with Crippen LogP contribution in [0.25, 0.3) is 0 Å². The Hall–Kier alpha value is -2.21. The molecule has 6 heteroatoms. The SMILES string of the molecule is CN1Cc2ccccc2C[C@H]1CNC(=O)Cn1ccnn1. The average Bonchev–Trinajstić information content (AvgIpc) is 2.98. The Morgan fingerprint density at radius 2 is 2.19 bits per heavy atom. The summed E-state index contributed by atoms with van der Waals surface area (Å²) in [5.74, 6) is -0.0345. The number of nitrogens with one attached hydrogen (secondary N) is 1. The van der Waals surface area contributed by atoms with Crippen LogP contribution >= 0.6 is 0 Å². The van der Waals surface area contributed by atoms with Gasteiger partial charge in [0.25, 0.3) is 0 Å². The summed E-state index contributed by atoms with van der Waals surface area (Å²) in [4.78, 5) is 14.2. The van der Waals surface area contributed by atoms with E-state index in [9.17, 15) is 4.79 Å². The second kappa shape index (κ2) is 6.05. The quantitative estimate of drug-likeness (QED) is 0.886. The van der Waals surface area contributed by atoms with Crippen LogP contribution in [0, 0.1) is 0 Å². The average molecular weight is 285 g/mol. The molecule has 0 saturated heterocycles. The van der Waals surface area contributed by atoms with Crippen LogP contribution in [0.5, 0.6) is 0 Å². The zero-order valence-electron chi connectivity index (χ0n) is 12.1. The van der Waals surface area contributed by atoms with Crippen molar-refractivity contribution in [2.75, 3.05) is 13.6 Å². The normalized spacial score (nSPS) is 18.2. The molecule has 1 amide bonds. The maximum atomic E-state index is 11.9. The Balaban J connectivity index is 1.55. The zero-order chi connectivity index (χ0) is 14.7. The molecule has 2 aromatic rings. The van der Waals surface area contributed by atoms with Gasteiger partial charge < -0.3 is 5.32 Å². The Kier molecular flexibility index (Phi) is 3.96. The molecule has 1 aromatic heterocycles. The maximum absolute atomic E-state index is 11.9. The molecule has 1 aliphatic rings. The van der Waals surface area contributed by atoms with Crippen LogP contribution in [0.1, 0.15) is 11.1 Å². The van der Waals surface area contributed by atoms with E-state index in [1.165, 1.54) is 15.8 Å². The van der Waals surface area contributed by atoms with E-state index in [2.05, 4.69) is 51.8 Å². The van der Waals surface area contributed by atoms with Crippen molar-refractivity contribution in [3.8, 4) is 0 Å². The van der Waals surface area contributed by atoms with Crippen molar-refractivity contribution in [3.63, 3.8) is 0 Å². The Labute approximate surface area is 123 Å². The van der Waals surface area contributed by atoms with Gasteiger partial charge in [0.15, 0.2) is 0 Å². The van der Waals surface area contributed by atoms with Crippen LogP contribution in [0.4, 0.5) is 0 Å². The number of likely N-dealkylation sites (N-methyl/N-ethyl adjacent to an activating group) is 1. The summed E-state index contributed by atoms with van der Waals surface area (Å²) in [5, 5.41) is 10.5. The predicted molar refractivity (Wildman–Crippen MR) is 78.4 cm³/mol. The van der Waals surface area contributed by atoms with Gasteiger partial charge in [-0.25, -0.2) is 4.68 Å². The number of amides is 1. The highest BCUT2D eigenvalue weighted by Gasteiger charge is 2.23. The Morgan fingerprint density at radius 1 is 1.38 bits per heavy atom. The lowest BCUT2D eigenvalue weighted by atomic mass is 9.94. The van der Waals surface area contributed by atoms with Crippen molar-refractivity contribution in [3.05, 3.63) is 47.8 Å². The second-order valence-electron chi connectivity index (χ2n) is 5.45. The number of nitrogens with zero attached hydrogens (tertiary/aromatic N) is 4. The van der Waals surface area contributed by atoms with E-state index in [0.29, 0.717) is 12.6 Å². The molecule has 1 aromatic carbocycles. The molecule has 6 nitrogen and oxygen atoms in total. The lowest BCUT2D eigenvalue weighted by molar-refractivity contribution is -0.122. The van der Waals surface area contributed by atoms with Crippen LogP contribution in [0.15, 0.2) is 36.7 Å².